The standard InChI is InChI=1S/C19H17F3N4OS/c20-19(21,22)15-8-6-13(7-9-15)11-23-17(27)10-16-24-25-18(28)26(16)12-14-4-2-1-3-5-14/h1-9H,10-12H2,(H,23,27)(H,25,28). The lowest BCUT2D eigenvalue weighted by Crippen LogP contribution is -2.26. The summed E-state index contributed by atoms with van der Waals surface area (Å²) in [5, 5.41) is 9.48. The van der Waals surface area contributed by atoms with Crippen LogP contribution in [-0.2, 0) is 30.5 Å². The number of hydrogen-bond acceptors (Lipinski definition) is 3. The van der Waals surface area contributed by atoms with Gasteiger partial charge < -0.3 is 5.32 Å². The van der Waals surface area contributed by atoms with Gasteiger partial charge in [-0.3, -0.25) is 14.5 Å². The van der Waals surface area contributed by atoms with Gasteiger partial charge in [0.05, 0.1) is 18.5 Å². The van der Waals surface area contributed by atoms with E-state index in [0.717, 1.165) is 17.7 Å². The van der Waals surface area contributed by atoms with Crippen LogP contribution in [0.15, 0.2) is 54.6 Å². The normalized spacial score (nSPS) is 11.4. The van der Waals surface area contributed by atoms with E-state index in [9.17, 15) is 18.0 Å². The van der Waals surface area contributed by atoms with E-state index in [1.165, 1.54) is 12.1 Å². The average Bonchev–Trinajstić information content (AvgIpc) is 3.00. The topological polar surface area (TPSA) is 62.7 Å². The minimum Gasteiger partial charge on any atom is -0.352 e. The third kappa shape index (κ3) is 5.07. The van der Waals surface area contributed by atoms with Crippen LogP contribution in [0, 0.1) is 4.77 Å². The first-order valence-corrected chi connectivity index (χ1v) is 8.84. The highest BCUT2D eigenvalue weighted by molar-refractivity contribution is 7.71. The fraction of sp³-hybridized carbons (Fsp3) is 0.211. The Balaban J connectivity index is 1.60. The summed E-state index contributed by atoms with van der Waals surface area (Å²) in [5.74, 6) is 0.182. The van der Waals surface area contributed by atoms with Crippen molar-refractivity contribution in [2.24, 2.45) is 0 Å². The molecule has 0 aliphatic heterocycles. The summed E-state index contributed by atoms with van der Waals surface area (Å²) in [7, 11) is 0. The summed E-state index contributed by atoms with van der Waals surface area (Å²) in [6, 6.07) is 14.3. The molecule has 0 saturated carbocycles. The Labute approximate surface area is 164 Å². The highest BCUT2D eigenvalue weighted by atomic mass is 32.1. The molecule has 0 saturated heterocycles. The molecule has 1 aromatic heterocycles. The first-order chi connectivity index (χ1) is 13.3. The molecule has 1 heterocycles. The maximum absolute atomic E-state index is 12.6. The Kier molecular flexibility index (Phi) is 5.93. The van der Waals surface area contributed by atoms with Crippen LogP contribution < -0.4 is 5.32 Å². The van der Waals surface area contributed by atoms with Crippen molar-refractivity contribution in [2.75, 3.05) is 0 Å². The minimum atomic E-state index is -4.38. The summed E-state index contributed by atoms with van der Waals surface area (Å²) in [4.78, 5) is 12.2. The lowest BCUT2D eigenvalue weighted by molar-refractivity contribution is -0.137. The average molecular weight is 406 g/mol. The predicted octanol–water partition coefficient (Wildman–Crippen LogP) is 3.87. The number of H-pyrrole nitrogens is 1. The van der Waals surface area contributed by atoms with Crippen LogP contribution >= 0.6 is 12.2 Å². The predicted molar refractivity (Wildman–Crippen MR) is 100.0 cm³/mol. The van der Waals surface area contributed by atoms with Crippen molar-refractivity contribution in [1.82, 2.24) is 20.1 Å². The van der Waals surface area contributed by atoms with Crippen molar-refractivity contribution in [2.45, 2.75) is 25.7 Å². The van der Waals surface area contributed by atoms with E-state index in [4.69, 9.17) is 12.2 Å². The van der Waals surface area contributed by atoms with Crippen LogP contribution in [-0.4, -0.2) is 20.7 Å². The maximum atomic E-state index is 12.6. The molecule has 0 spiro atoms. The number of rotatable bonds is 6. The van der Waals surface area contributed by atoms with Gasteiger partial charge in [0, 0.05) is 6.54 Å². The third-order valence-corrected chi connectivity index (χ3v) is 4.42. The van der Waals surface area contributed by atoms with Gasteiger partial charge in [0.2, 0.25) is 5.91 Å². The van der Waals surface area contributed by atoms with E-state index in [-0.39, 0.29) is 18.9 Å². The van der Waals surface area contributed by atoms with Gasteiger partial charge in [-0.05, 0) is 35.5 Å². The van der Waals surface area contributed by atoms with Crippen LogP contribution in [0.4, 0.5) is 13.2 Å². The SMILES string of the molecule is O=C(Cc1n[nH]c(=S)n1Cc1ccccc1)NCc1ccc(C(F)(F)F)cc1. The molecule has 0 aliphatic carbocycles. The number of aromatic nitrogens is 3. The summed E-state index contributed by atoms with van der Waals surface area (Å²) >= 11 is 5.23. The zero-order valence-electron chi connectivity index (χ0n) is 14.7. The Morgan fingerprint density at radius 1 is 1.07 bits per heavy atom. The number of aromatic amines is 1. The lowest BCUT2D eigenvalue weighted by atomic mass is 10.1. The maximum Gasteiger partial charge on any atom is 0.416 e. The zero-order valence-corrected chi connectivity index (χ0v) is 15.5. The zero-order chi connectivity index (χ0) is 20.1. The van der Waals surface area contributed by atoms with Gasteiger partial charge in [-0.25, -0.2) is 0 Å². The van der Waals surface area contributed by atoms with Gasteiger partial charge in [-0.15, -0.1) is 0 Å². The number of benzene rings is 2. The van der Waals surface area contributed by atoms with Gasteiger partial charge in [0.1, 0.15) is 5.82 Å². The molecule has 0 atom stereocenters. The summed E-state index contributed by atoms with van der Waals surface area (Å²) in [6.07, 6.45) is -4.38. The van der Waals surface area contributed by atoms with Crippen LogP contribution in [0.3, 0.4) is 0 Å². The third-order valence-electron chi connectivity index (χ3n) is 4.11. The Morgan fingerprint density at radius 3 is 2.39 bits per heavy atom. The molecule has 3 rings (SSSR count). The van der Waals surface area contributed by atoms with Crippen LogP contribution in [0.1, 0.15) is 22.5 Å². The van der Waals surface area contributed by atoms with Crippen molar-refractivity contribution in [1.29, 1.82) is 0 Å². The van der Waals surface area contributed by atoms with Gasteiger partial charge in [0.15, 0.2) is 4.77 Å². The summed E-state index contributed by atoms with van der Waals surface area (Å²) in [6.45, 7) is 0.610. The number of nitrogens with zero attached hydrogens (tertiary/aromatic N) is 2. The number of amides is 1. The highest BCUT2D eigenvalue weighted by Gasteiger charge is 2.29. The second-order valence-electron chi connectivity index (χ2n) is 6.16. The summed E-state index contributed by atoms with van der Waals surface area (Å²) < 4.78 is 39.9. The van der Waals surface area contributed by atoms with Crippen molar-refractivity contribution in [3.8, 4) is 0 Å². The lowest BCUT2D eigenvalue weighted by Gasteiger charge is -2.09. The van der Waals surface area contributed by atoms with E-state index in [1.54, 1.807) is 4.57 Å². The molecule has 28 heavy (non-hydrogen) atoms. The van der Waals surface area contributed by atoms with E-state index in [0.29, 0.717) is 22.7 Å². The van der Waals surface area contributed by atoms with Gasteiger partial charge in [-0.2, -0.15) is 18.3 Å². The first-order valence-electron chi connectivity index (χ1n) is 8.44. The molecule has 1 amide bonds. The Morgan fingerprint density at radius 2 is 1.75 bits per heavy atom. The molecule has 2 N–H and O–H groups in total. The van der Waals surface area contributed by atoms with Crippen molar-refractivity contribution in [3.63, 3.8) is 0 Å². The van der Waals surface area contributed by atoms with E-state index < -0.39 is 11.7 Å². The fourth-order valence-corrected chi connectivity index (χ4v) is 2.85. The molecule has 0 radical (unpaired) electrons. The van der Waals surface area contributed by atoms with E-state index in [1.807, 2.05) is 30.3 Å². The molecule has 0 fully saturated rings. The molecule has 0 bridgehead atoms. The summed E-state index contributed by atoms with van der Waals surface area (Å²) in [5.41, 5.74) is 0.870. The van der Waals surface area contributed by atoms with Crippen molar-refractivity contribution < 1.29 is 18.0 Å². The molecule has 9 heteroatoms. The molecule has 0 aliphatic rings. The van der Waals surface area contributed by atoms with Gasteiger partial charge >= 0.3 is 6.18 Å². The second kappa shape index (κ2) is 8.39. The second-order valence-corrected chi connectivity index (χ2v) is 6.55. The van der Waals surface area contributed by atoms with Crippen molar-refractivity contribution >= 4 is 18.1 Å². The molecule has 5 nitrogen and oxygen atoms in total. The van der Waals surface area contributed by atoms with Crippen LogP contribution in [0.2, 0.25) is 0 Å². The Bertz CT molecular complexity index is 995. The molecular weight excluding hydrogens is 389 g/mol. The monoisotopic (exact) mass is 406 g/mol. The van der Waals surface area contributed by atoms with Crippen molar-refractivity contribution in [3.05, 3.63) is 81.9 Å². The van der Waals surface area contributed by atoms with Crippen LogP contribution in [0.25, 0.3) is 0 Å². The fourth-order valence-electron chi connectivity index (χ4n) is 2.63. The first kappa shape index (κ1) is 19.8. The number of carbonyl (C=O) groups excluding carboxylic acids is 1. The number of halogens is 3. The molecule has 2 aromatic carbocycles. The largest absolute Gasteiger partial charge is 0.416 e. The number of hydrogen-bond donors (Lipinski definition) is 2. The minimum absolute atomic E-state index is 0.000603. The number of alkyl halides is 3. The van der Waals surface area contributed by atoms with Crippen LogP contribution in [0.5, 0.6) is 0 Å². The smallest absolute Gasteiger partial charge is 0.352 e. The molecular formula is C19H17F3N4OS. The number of nitrogens with one attached hydrogen (secondary N) is 2. The van der Waals surface area contributed by atoms with E-state index >= 15 is 0 Å². The highest BCUT2D eigenvalue weighted by Crippen LogP contribution is 2.29. The quantitative estimate of drug-likeness (QED) is 0.611. The van der Waals surface area contributed by atoms with Gasteiger partial charge in [0.25, 0.3) is 0 Å². The van der Waals surface area contributed by atoms with Gasteiger partial charge in [-0.1, -0.05) is 42.5 Å². The molecule has 0 unspecified atom stereocenters. The molecule has 3 aromatic rings. The number of carbonyl (C=O) groups is 1. The molecule has 146 valence electrons. The van der Waals surface area contributed by atoms with E-state index in [2.05, 4.69) is 15.5 Å². The Hall–Kier alpha value is -2.94.